The molecular formula is C13H13NO2S. The van der Waals surface area contributed by atoms with Gasteiger partial charge in [0.2, 0.25) is 0 Å². The zero-order valence-electron chi connectivity index (χ0n) is 9.55. The number of carbonyl (C=O) groups is 1. The Kier molecular flexibility index (Phi) is 2.52. The molecular weight excluding hydrogens is 234 g/mol. The van der Waals surface area contributed by atoms with Crippen molar-refractivity contribution >= 4 is 17.2 Å². The lowest BCUT2D eigenvalue weighted by atomic mass is 10.00. The topological polar surface area (TPSA) is 33.5 Å². The van der Waals surface area contributed by atoms with Crippen molar-refractivity contribution in [3.63, 3.8) is 0 Å². The third kappa shape index (κ3) is 1.69. The molecule has 3 rings (SSSR count). The molecule has 1 saturated heterocycles. The monoisotopic (exact) mass is 247 g/mol. The molecule has 1 fully saturated rings. The van der Waals surface area contributed by atoms with Crippen LogP contribution in [0.25, 0.3) is 0 Å². The van der Waals surface area contributed by atoms with Gasteiger partial charge in [0.1, 0.15) is 5.76 Å². The molecule has 88 valence electrons. The number of hydrogen-bond donors (Lipinski definition) is 0. The molecule has 0 aromatic carbocycles. The van der Waals surface area contributed by atoms with Gasteiger partial charge in [0.05, 0.1) is 17.9 Å². The Bertz CT molecular complexity index is 529. The van der Waals surface area contributed by atoms with Crippen LogP contribution in [0.1, 0.15) is 33.5 Å². The lowest BCUT2D eigenvalue weighted by molar-refractivity contribution is 0.0466. The largest absolute Gasteiger partial charge is 0.469 e. The number of thiophene rings is 1. The highest BCUT2D eigenvalue weighted by atomic mass is 32.1. The van der Waals surface area contributed by atoms with Gasteiger partial charge in [0.25, 0.3) is 5.91 Å². The van der Waals surface area contributed by atoms with Gasteiger partial charge >= 0.3 is 0 Å². The van der Waals surface area contributed by atoms with Crippen LogP contribution in [0.4, 0.5) is 0 Å². The molecule has 0 saturated carbocycles. The third-order valence-electron chi connectivity index (χ3n) is 3.24. The van der Waals surface area contributed by atoms with E-state index in [1.54, 1.807) is 23.7 Å². The summed E-state index contributed by atoms with van der Waals surface area (Å²) < 4.78 is 5.19. The normalized spacial score (nSPS) is 19.1. The van der Waals surface area contributed by atoms with Crippen LogP contribution in [0.3, 0.4) is 0 Å². The minimum atomic E-state index is 0.0842. The average Bonchev–Trinajstić information content (AvgIpc) is 2.87. The zero-order chi connectivity index (χ0) is 11.8. The quantitative estimate of drug-likeness (QED) is 0.816. The molecule has 2 aromatic rings. The van der Waals surface area contributed by atoms with E-state index in [1.807, 2.05) is 17.9 Å². The Hall–Kier alpha value is -1.55. The number of nitrogens with zero attached hydrogens (tertiary/aromatic N) is 1. The van der Waals surface area contributed by atoms with Crippen LogP contribution >= 0.6 is 11.3 Å². The molecule has 0 bridgehead atoms. The number of likely N-dealkylation sites (tertiary alicyclic amines) is 1. The van der Waals surface area contributed by atoms with Crippen molar-refractivity contribution in [3.8, 4) is 0 Å². The fourth-order valence-electron chi connectivity index (χ4n) is 2.17. The molecule has 1 unspecified atom stereocenters. The summed E-state index contributed by atoms with van der Waals surface area (Å²) in [6.45, 7) is 2.67. The van der Waals surface area contributed by atoms with Crippen molar-refractivity contribution in [2.45, 2.75) is 19.4 Å². The highest BCUT2D eigenvalue weighted by molar-refractivity contribution is 7.10. The van der Waals surface area contributed by atoms with Crippen LogP contribution in [0.2, 0.25) is 0 Å². The van der Waals surface area contributed by atoms with Gasteiger partial charge in [-0.1, -0.05) is 6.07 Å². The van der Waals surface area contributed by atoms with Crippen LogP contribution in [0.15, 0.2) is 34.3 Å². The average molecular weight is 247 g/mol. The SMILES string of the molecule is Cc1occc1C(=O)N1CCC1c1cccs1. The van der Waals surface area contributed by atoms with Gasteiger partial charge in [-0.05, 0) is 30.9 Å². The summed E-state index contributed by atoms with van der Waals surface area (Å²) >= 11 is 1.71. The van der Waals surface area contributed by atoms with Gasteiger partial charge in [0.15, 0.2) is 0 Å². The van der Waals surface area contributed by atoms with E-state index in [-0.39, 0.29) is 11.9 Å². The number of furan rings is 1. The van der Waals surface area contributed by atoms with E-state index in [0.29, 0.717) is 11.3 Å². The summed E-state index contributed by atoms with van der Waals surface area (Å²) in [5.41, 5.74) is 0.686. The molecule has 17 heavy (non-hydrogen) atoms. The number of hydrogen-bond acceptors (Lipinski definition) is 3. The molecule has 0 spiro atoms. The van der Waals surface area contributed by atoms with Gasteiger partial charge in [0, 0.05) is 11.4 Å². The van der Waals surface area contributed by atoms with Gasteiger partial charge < -0.3 is 9.32 Å². The second-order valence-electron chi connectivity index (χ2n) is 4.21. The predicted octanol–water partition coefficient (Wildman–Crippen LogP) is 3.24. The molecule has 2 aromatic heterocycles. The molecule has 1 aliphatic heterocycles. The standard InChI is InChI=1S/C13H13NO2S/c1-9-10(5-7-16-9)13(15)14-6-4-11(14)12-3-2-8-17-12/h2-3,5,7-8,11H,4,6H2,1H3. The number of carbonyl (C=O) groups excluding carboxylic acids is 1. The Balaban J connectivity index is 1.82. The van der Waals surface area contributed by atoms with Crippen molar-refractivity contribution in [1.29, 1.82) is 0 Å². The lowest BCUT2D eigenvalue weighted by Gasteiger charge is -2.40. The fraction of sp³-hybridized carbons (Fsp3) is 0.308. The van der Waals surface area contributed by atoms with Gasteiger partial charge in [-0.25, -0.2) is 0 Å². The molecule has 1 aliphatic rings. The maximum Gasteiger partial charge on any atom is 0.257 e. The molecule has 0 N–H and O–H groups in total. The molecule has 3 nitrogen and oxygen atoms in total. The molecule has 4 heteroatoms. The van der Waals surface area contributed by atoms with E-state index >= 15 is 0 Å². The third-order valence-corrected chi connectivity index (χ3v) is 4.21. The van der Waals surface area contributed by atoms with Gasteiger partial charge in [-0.3, -0.25) is 4.79 Å². The minimum absolute atomic E-state index is 0.0842. The second kappa shape index (κ2) is 4.04. The van der Waals surface area contributed by atoms with Crippen LogP contribution in [0, 0.1) is 6.92 Å². The number of aryl methyl sites for hydroxylation is 1. The summed E-state index contributed by atoms with van der Waals surface area (Å²) in [5.74, 6) is 0.785. The Morgan fingerprint density at radius 1 is 1.53 bits per heavy atom. The number of rotatable bonds is 2. The first-order valence-electron chi connectivity index (χ1n) is 5.66. The van der Waals surface area contributed by atoms with Crippen LogP contribution in [-0.2, 0) is 0 Å². The highest BCUT2D eigenvalue weighted by Gasteiger charge is 2.35. The molecule has 1 atom stereocenters. The minimum Gasteiger partial charge on any atom is -0.469 e. The van der Waals surface area contributed by atoms with Crippen molar-refractivity contribution < 1.29 is 9.21 Å². The molecule has 0 aliphatic carbocycles. The summed E-state index contributed by atoms with van der Waals surface area (Å²) in [7, 11) is 0. The Labute approximate surface area is 104 Å². The van der Waals surface area contributed by atoms with Crippen LogP contribution in [0.5, 0.6) is 0 Å². The first kappa shape index (κ1) is 10.6. The van der Waals surface area contributed by atoms with Gasteiger partial charge in [-0.15, -0.1) is 11.3 Å². The number of amides is 1. The first-order valence-corrected chi connectivity index (χ1v) is 6.54. The Morgan fingerprint density at radius 2 is 2.41 bits per heavy atom. The van der Waals surface area contributed by atoms with Crippen molar-refractivity contribution in [2.24, 2.45) is 0 Å². The maximum atomic E-state index is 12.3. The van der Waals surface area contributed by atoms with E-state index < -0.39 is 0 Å². The fourth-order valence-corrected chi connectivity index (χ4v) is 3.04. The molecule has 3 heterocycles. The maximum absolute atomic E-state index is 12.3. The van der Waals surface area contributed by atoms with E-state index in [2.05, 4.69) is 11.4 Å². The van der Waals surface area contributed by atoms with Crippen molar-refractivity contribution in [2.75, 3.05) is 6.54 Å². The van der Waals surface area contributed by atoms with E-state index in [1.165, 1.54) is 4.88 Å². The predicted molar refractivity (Wildman–Crippen MR) is 66.2 cm³/mol. The van der Waals surface area contributed by atoms with Gasteiger partial charge in [-0.2, -0.15) is 0 Å². The zero-order valence-corrected chi connectivity index (χ0v) is 10.4. The van der Waals surface area contributed by atoms with Crippen molar-refractivity contribution in [1.82, 2.24) is 4.90 Å². The molecule has 1 amide bonds. The summed E-state index contributed by atoms with van der Waals surface area (Å²) in [4.78, 5) is 15.5. The second-order valence-corrected chi connectivity index (χ2v) is 5.19. The summed E-state index contributed by atoms with van der Waals surface area (Å²) in [6, 6.07) is 6.14. The van der Waals surface area contributed by atoms with Crippen LogP contribution in [-0.4, -0.2) is 17.4 Å². The summed E-state index contributed by atoms with van der Waals surface area (Å²) in [6.07, 6.45) is 2.63. The summed E-state index contributed by atoms with van der Waals surface area (Å²) in [5, 5.41) is 2.05. The van der Waals surface area contributed by atoms with E-state index in [0.717, 1.165) is 13.0 Å². The highest BCUT2D eigenvalue weighted by Crippen LogP contribution is 2.37. The van der Waals surface area contributed by atoms with E-state index in [4.69, 9.17) is 4.42 Å². The lowest BCUT2D eigenvalue weighted by Crippen LogP contribution is -2.44. The van der Waals surface area contributed by atoms with E-state index in [9.17, 15) is 4.79 Å². The van der Waals surface area contributed by atoms with Crippen LogP contribution < -0.4 is 0 Å². The smallest absolute Gasteiger partial charge is 0.257 e. The molecule has 0 radical (unpaired) electrons. The first-order chi connectivity index (χ1) is 8.27. The van der Waals surface area contributed by atoms with Crippen molar-refractivity contribution in [3.05, 3.63) is 46.0 Å². The Morgan fingerprint density at radius 3 is 2.94 bits per heavy atom.